The first kappa shape index (κ1) is 20.5. The van der Waals surface area contributed by atoms with Crippen LogP contribution in [0.3, 0.4) is 0 Å². The highest BCUT2D eigenvalue weighted by Crippen LogP contribution is 2.55. The average molecular weight is 378 g/mol. The summed E-state index contributed by atoms with van der Waals surface area (Å²) in [5, 5.41) is 0. The van der Waals surface area contributed by atoms with E-state index < -0.39 is 41.5 Å². The fraction of sp³-hybridized carbons (Fsp3) is 0.611. The summed E-state index contributed by atoms with van der Waals surface area (Å²) in [6.45, 7) is 5.28. The van der Waals surface area contributed by atoms with Gasteiger partial charge >= 0.3 is 12.1 Å². The van der Waals surface area contributed by atoms with Gasteiger partial charge < -0.3 is 14.2 Å². The second kappa shape index (κ2) is 7.06. The third-order valence-electron chi connectivity index (χ3n) is 5.12. The van der Waals surface area contributed by atoms with Crippen LogP contribution in [0.25, 0.3) is 0 Å². The molecule has 1 fully saturated rings. The van der Waals surface area contributed by atoms with E-state index in [4.69, 9.17) is 14.2 Å². The Morgan fingerprint density at radius 3 is 2.46 bits per heavy atom. The molecular weight excluding hydrogens is 356 g/mol. The molecule has 0 spiro atoms. The average Bonchev–Trinajstić information content (AvgIpc) is 2.83. The first-order valence-corrected chi connectivity index (χ1v) is 8.23. The third kappa shape index (κ3) is 3.15. The van der Waals surface area contributed by atoms with Crippen molar-refractivity contribution in [3.8, 4) is 5.75 Å². The fourth-order valence-electron chi connectivity index (χ4n) is 3.45. The summed E-state index contributed by atoms with van der Waals surface area (Å²) < 4.78 is 70.2. The van der Waals surface area contributed by atoms with Gasteiger partial charge in [-0.15, -0.1) is 0 Å². The Balaban J connectivity index is 2.63. The maximum absolute atomic E-state index is 13.9. The van der Waals surface area contributed by atoms with E-state index in [9.17, 15) is 22.4 Å². The molecule has 8 heteroatoms. The van der Waals surface area contributed by atoms with Gasteiger partial charge in [0.05, 0.1) is 13.7 Å². The van der Waals surface area contributed by atoms with Gasteiger partial charge in [-0.05, 0) is 26.8 Å². The molecule has 26 heavy (non-hydrogen) atoms. The molecule has 0 saturated carbocycles. The summed E-state index contributed by atoms with van der Waals surface area (Å²) in [6, 6.07) is 2.48. The second-order valence-corrected chi connectivity index (χ2v) is 6.50. The van der Waals surface area contributed by atoms with Crippen LogP contribution in [0.5, 0.6) is 5.75 Å². The van der Waals surface area contributed by atoms with E-state index in [0.717, 1.165) is 13.0 Å². The van der Waals surface area contributed by atoms with Gasteiger partial charge in [0.1, 0.15) is 11.6 Å². The summed E-state index contributed by atoms with van der Waals surface area (Å²) in [5.74, 6) is -3.47. The van der Waals surface area contributed by atoms with Crippen molar-refractivity contribution in [1.82, 2.24) is 0 Å². The third-order valence-corrected chi connectivity index (χ3v) is 5.12. The van der Waals surface area contributed by atoms with Crippen molar-refractivity contribution in [2.45, 2.75) is 51.5 Å². The first-order chi connectivity index (χ1) is 12.0. The van der Waals surface area contributed by atoms with Crippen LogP contribution in [0.1, 0.15) is 37.8 Å². The number of benzene rings is 1. The lowest BCUT2D eigenvalue weighted by molar-refractivity contribution is -0.274. The number of ether oxygens (including phenoxy) is 3. The van der Waals surface area contributed by atoms with Gasteiger partial charge in [-0.2, -0.15) is 13.2 Å². The molecule has 0 radical (unpaired) electrons. The fourth-order valence-corrected chi connectivity index (χ4v) is 3.45. The van der Waals surface area contributed by atoms with E-state index in [1.165, 1.54) is 27.0 Å². The molecular formula is C18H22F4O4. The van der Waals surface area contributed by atoms with Gasteiger partial charge in [0.25, 0.3) is 0 Å². The molecule has 0 unspecified atom stereocenters. The topological polar surface area (TPSA) is 44.8 Å². The predicted octanol–water partition coefficient (Wildman–Crippen LogP) is 4.15. The molecule has 1 heterocycles. The van der Waals surface area contributed by atoms with Crippen LogP contribution < -0.4 is 4.74 Å². The molecule has 1 aromatic carbocycles. The Labute approximate surface area is 149 Å². The number of halogens is 4. The summed E-state index contributed by atoms with van der Waals surface area (Å²) >= 11 is 0. The lowest BCUT2D eigenvalue weighted by Gasteiger charge is -2.32. The standard InChI is InChI=1S/C18H22F4O4/c1-6-25-16(23)15-13(10(3)17(4,26-15)18(20,21)22)11-7-8-12(19)9(2)14(11)24-5/h7-8,10,13,15H,6H2,1-5H3/t10-,13-,15+,17+/m0/s1. The SMILES string of the molecule is CCOC(=O)[C@@H]1O[C@@](C)(C(F)(F)F)[C@@H](C)[C@H]1c1ccc(F)c(C)c1OC. The summed E-state index contributed by atoms with van der Waals surface area (Å²) in [4.78, 5) is 12.3. The predicted molar refractivity (Wildman–Crippen MR) is 85.6 cm³/mol. The molecule has 0 N–H and O–H groups in total. The zero-order valence-electron chi connectivity index (χ0n) is 15.2. The molecule has 1 aromatic rings. The van der Waals surface area contributed by atoms with Crippen molar-refractivity contribution >= 4 is 5.97 Å². The van der Waals surface area contributed by atoms with Gasteiger partial charge in [0, 0.05) is 23.0 Å². The number of alkyl halides is 3. The zero-order valence-corrected chi connectivity index (χ0v) is 15.2. The highest BCUT2D eigenvalue weighted by molar-refractivity contribution is 5.77. The molecule has 1 saturated heterocycles. The molecule has 146 valence electrons. The van der Waals surface area contributed by atoms with Gasteiger partial charge in [-0.3, -0.25) is 0 Å². The molecule has 0 bridgehead atoms. The van der Waals surface area contributed by atoms with E-state index in [2.05, 4.69) is 0 Å². The van der Waals surface area contributed by atoms with Crippen LogP contribution in [0.2, 0.25) is 0 Å². The van der Waals surface area contributed by atoms with Crippen molar-refractivity contribution in [2.75, 3.05) is 13.7 Å². The highest BCUT2D eigenvalue weighted by Gasteiger charge is 2.66. The van der Waals surface area contributed by atoms with Gasteiger partial charge in [0.2, 0.25) is 0 Å². The number of carbonyl (C=O) groups excluding carboxylic acids is 1. The number of esters is 1. The maximum atomic E-state index is 13.9. The molecule has 1 aliphatic rings. The minimum Gasteiger partial charge on any atom is -0.496 e. The van der Waals surface area contributed by atoms with Crippen LogP contribution in [-0.2, 0) is 14.3 Å². The van der Waals surface area contributed by atoms with E-state index >= 15 is 0 Å². The maximum Gasteiger partial charge on any atom is 0.417 e. The Bertz CT molecular complexity index is 689. The molecule has 0 aromatic heterocycles. The van der Waals surface area contributed by atoms with E-state index in [1.54, 1.807) is 6.92 Å². The lowest BCUT2D eigenvalue weighted by atomic mass is 9.76. The van der Waals surface area contributed by atoms with E-state index in [-0.39, 0.29) is 23.5 Å². The largest absolute Gasteiger partial charge is 0.496 e. The second-order valence-electron chi connectivity index (χ2n) is 6.50. The van der Waals surface area contributed by atoms with Crippen molar-refractivity contribution < 1.29 is 36.6 Å². The Kier molecular flexibility index (Phi) is 5.56. The zero-order chi connectivity index (χ0) is 19.9. The van der Waals surface area contributed by atoms with Crippen molar-refractivity contribution in [3.05, 3.63) is 29.1 Å². The smallest absolute Gasteiger partial charge is 0.417 e. The van der Waals surface area contributed by atoms with Gasteiger partial charge in [-0.25, -0.2) is 9.18 Å². The number of carbonyl (C=O) groups is 1. The van der Waals surface area contributed by atoms with E-state index in [1.807, 2.05) is 0 Å². The number of hydrogen-bond acceptors (Lipinski definition) is 4. The Morgan fingerprint density at radius 2 is 1.96 bits per heavy atom. The molecule has 4 nitrogen and oxygen atoms in total. The van der Waals surface area contributed by atoms with Gasteiger partial charge in [-0.1, -0.05) is 13.0 Å². The number of hydrogen-bond donors (Lipinski definition) is 0. The number of rotatable bonds is 4. The number of methoxy groups -OCH3 is 1. The van der Waals surface area contributed by atoms with Crippen LogP contribution in [-0.4, -0.2) is 37.6 Å². The first-order valence-electron chi connectivity index (χ1n) is 8.23. The molecule has 0 amide bonds. The summed E-state index contributed by atoms with van der Waals surface area (Å²) in [7, 11) is 1.30. The van der Waals surface area contributed by atoms with Crippen LogP contribution >= 0.6 is 0 Å². The molecule has 0 aliphatic carbocycles. The molecule has 1 aliphatic heterocycles. The van der Waals surface area contributed by atoms with Crippen LogP contribution in [0.4, 0.5) is 17.6 Å². The minimum absolute atomic E-state index is 0.00209. The van der Waals surface area contributed by atoms with Crippen LogP contribution in [0.15, 0.2) is 12.1 Å². The van der Waals surface area contributed by atoms with Crippen molar-refractivity contribution in [1.29, 1.82) is 0 Å². The quantitative estimate of drug-likeness (QED) is 0.583. The van der Waals surface area contributed by atoms with E-state index in [0.29, 0.717) is 0 Å². The minimum atomic E-state index is -4.70. The Morgan fingerprint density at radius 1 is 1.35 bits per heavy atom. The summed E-state index contributed by atoms with van der Waals surface area (Å²) in [6.07, 6.45) is -6.18. The summed E-state index contributed by atoms with van der Waals surface area (Å²) in [5.41, 5.74) is -2.12. The lowest BCUT2D eigenvalue weighted by Crippen LogP contribution is -2.47. The highest BCUT2D eigenvalue weighted by atomic mass is 19.4. The van der Waals surface area contributed by atoms with Crippen molar-refractivity contribution in [2.24, 2.45) is 5.92 Å². The van der Waals surface area contributed by atoms with Crippen LogP contribution in [0, 0.1) is 18.7 Å². The van der Waals surface area contributed by atoms with Gasteiger partial charge in [0.15, 0.2) is 11.7 Å². The monoisotopic (exact) mass is 378 g/mol. The molecule has 4 atom stereocenters. The molecule has 2 rings (SSSR count). The Hall–Kier alpha value is -1.83. The van der Waals surface area contributed by atoms with Crippen molar-refractivity contribution in [3.63, 3.8) is 0 Å². The normalized spacial score (nSPS) is 28.9.